The summed E-state index contributed by atoms with van der Waals surface area (Å²) in [6.45, 7) is 2.70. The fourth-order valence-electron chi connectivity index (χ4n) is 2.24. The maximum atomic E-state index is 11.2. The van der Waals surface area contributed by atoms with Gasteiger partial charge in [-0.3, -0.25) is 19.9 Å². The third-order valence-corrected chi connectivity index (χ3v) is 3.70. The van der Waals surface area contributed by atoms with Crippen molar-refractivity contribution in [2.75, 3.05) is 18.0 Å². The van der Waals surface area contributed by atoms with E-state index in [1.54, 1.807) is 13.0 Å². The lowest BCUT2D eigenvalue weighted by Crippen LogP contribution is -2.42. The summed E-state index contributed by atoms with van der Waals surface area (Å²) in [4.78, 5) is 27.2. The Morgan fingerprint density at radius 3 is 2.68 bits per heavy atom. The minimum atomic E-state index is -0.809. The number of anilines is 1. The largest absolute Gasteiger partial charge is 0.481 e. The van der Waals surface area contributed by atoms with Gasteiger partial charge in [0.2, 0.25) is 0 Å². The first kappa shape index (κ1) is 13.3. The van der Waals surface area contributed by atoms with Crippen LogP contribution in [-0.2, 0) is 4.79 Å². The summed E-state index contributed by atoms with van der Waals surface area (Å²) in [5, 5.41) is 20.1. The van der Waals surface area contributed by atoms with E-state index in [4.69, 9.17) is 5.11 Å². The topological polar surface area (TPSA) is 96.6 Å². The molecule has 1 saturated heterocycles. The molecule has 19 heavy (non-hydrogen) atoms. The summed E-state index contributed by atoms with van der Waals surface area (Å²) in [7, 11) is 0. The average molecular weight is 265 g/mol. The molecule has 1 aliphatic heterocycles. The minimum Gasteiger partial charge on any atom is -0.481 e. The molecule has 1 aliphatic rings. The number of aliphatic carboxylic acids is 1. The molecule has 0 unspecified atom stereocenters. The van der Waals surface area contributed by atoms with Crippen LogP contribution in [0.15, 0.2) is 18.5 Å². The Kier molecular flexibility index (Phi) is 3.37. The Morgan fingerprint density at radius 2 is 2.16 bits per heavy atom. The van der Waals surface area contributed by atoms with Gasteiger partial charge < -0.3 is 10.0 Å². The standard InChI is InChI=1S/C12H15N3O4/c1-12(11(16)17)3-6-14(7-4-12)9-2-5-13-8-10(9)15(18)19/h2,5,8H,3-4,6-7H2,1H3,(H,16,17). The van der Waals surface area contributed by atoms with Gasteiger partial charge in [-0.15, -0.1) is 0 Å². The molecule has 0 atom stereocenters. The van der Waals surface area contributed by atoms with E-state index < -0.39 is 16.3 Å². The molecular weight excluding hydrogens is 250 g/mol. The van der Waals surface area contributed by atoms with Crippen LogP contribution in [0.25, 0.3) is 0 Å². The van der Waals surface area contributed by atoms with Crippen LogP contribution in [0.3, 0.4) is 0 Å². The Bertz CT molecular complexity index is 509. The Balaban J connectivity index is 2.19. The summed E-state index contributed by atoms with van der Waals surface area (Å²) in [6.07, 6.45) is 3.68. The monoisotopic (exact) mass is 265 g/mol. The maximum Gasteiger partial charge on any atom is 0.310 e. The molecule has 0 radical (unpaired) electrons. The minimum absolute atomic E-state index is 0.0403. The number of hydrogen-bond acceptors (Lipinski definition) is 5. The molecule has 1 aromatic heterocycles. The molecule has 2 heterocycles. The van der Waals surface area contributed by atoms with Gasteiger partial charge in [0.15, 0.2) is 0 Å². The molecule has 0 spiro atoms. The quantitative estimate of drug-likeness (QED) is 0.659. The molecule has 7 heteroatoms. The van der Waals surface area contributed by atoms with Crippen molar-refractivity contribution in [3.8, 4) is 0 Å². The van der Waals surface area contributed by atoms with E-state index in [-0.39, 0.29) is 5.69 Å². The van der Waals surface area contributed by atoms with Crippen molar-refractivity contribution in [1.82, 2.24) is 4.98 Å². The van der Waals surface area contributed by atoms with Crippen LogP contribution in [0.5, 0.6) is 0 Å². The highest BCUT2D eigenvalue weighted by molar-refractivity contribution is 5.75. The fourth-order valence-corrected chi connectivity index (χ4v) is 2.24. The number of aromatic nitrogens is 1. The lowest BCUT2D eigenvalue weighted by atomic mass is 9.80. The number of carboxylic acid groups (broad SMARTS) is 1. The van der Waals surface area contributed by atoms with Crippen molar-refractivity contribution in [2.24, 2.45) is 5.41 Å². The molecule has 0 aromatic carbocycles. The highest BCUT2D eigenvalue weighted by atomic mass is 16.6. The number of nitrogens with zero attached hydrogens (tertiary/aromatic N) is 3. The molecule has 0 saturated carbocycles. The van der Waals surface area contributed by atoms with Crippen molar-refractivity contribution < 1.29 is 14.8 Å². The van der Waals surface area contributed by atoms with Crippen LogP contribution in [0.1, 0.15) is 19.8 Å². The first-order valence-electron chi connectivity index (χ1n) is 6.01. The Labute approximate surface area is 110 Å². The molecule has 1 N–H and O–H groups in total. The number of piperidine rings is 1. The van der Waals surface area contributed by atoms with Crippen LogP contribution in [0.2, 0.25) is 0 Å². The van der Waals surface area contributed by atoms with Gasteiger partial charge in [0.25, 0.3) is 0 Å². The van der Waals surface area contributed by atoms with Crippen molar-refractivity contribution in [2.45, 2.75) is 19.8 Å². The SMILES string of the molecule is CC1(C(=O)O)CCN(c2ccncc2[N+](=O)[O-])CC1. The highest BCUT2D eigenvalue weighted by Gasteiger charge is 2.37. The summed E-state index contributed by atoms with van der Waals surface area (Å²) >= 11 is 0. The Morgan fingerprint density at radius 1 is 1.53 bits per heavy atom. The molecule has 102 valence electrons. The summed E-state index contributed by atoms with van der Waals surface area (Å²) in [5.41, 5.74) is -0.271. The van der Waals surface area contributed by atoms with Gasteiger partial charge in [-0.05, 0) is 25.8 Å². The lowest BCUT2D eigenvalue weighted by Gasteiger charge is -2.37. The van der Waals surface area contributed by atoms with Gasteiger partial charge in [0.05, 0.1) is 10.3 Å². The van der Waals surface area contributed by atoms with Crippen molar-refractivity contribution >= 4 is 17.3 Å². The van der Waals surface area contributed by atoms with Crippen molar-refractivity contribution in [1.29, 1.82) is 0 Å². The fraction of sp³-hybridized carbons (Fsp3) is 0.500. The highest BCUT2D eigenvalue weighted by Crippen LogP contribution is 2.35. The first-order valence-corrected chi connectivity index (χ1v) is 6.01. The molecule has 1 fully saturated rings. The second-order valence-electron chi connectivity index (χ2n) is 4.97. The van der Waals surface area contributed by atoms with E-state index in [0.29, 0.717) is 31.6 Å². The first-order chi connectivity index (χ1) is 8.94. The summed E-state index contributed by atoms with van der Waals surface area (Å²) in [5.74, 6) is -0.809. The van der Waals surface area contributed by atoms with Crippen LogP contribution in [-0.4, -0.2) is 34.1 Å². The van der Waals surface area contributed by atoms with Crippen LogP contribution in [0.4, 0.5) is 11.4 Å². The number of carboxylic acids is 1. The third kappa shape index (κ3) is 2.49. The lowest BCUT2D eigenvalue weighted by molar-refractivity contribution is -0.384. The van der Waals surface area contributed by atoms with E-state index in [0.717, 1.165) is 0 Å². The van der Waals surface area contributed by atoms with E-state index in [9.17, 15) is 14.9 Å². The molecule has 0 amide bonds. The second kappa shape index (κ2) is 4.83. The number of hydrogen-bond donors (Lipinski definition) is 1. The number of pyridine rings is 1. The predicted molar refractivity (Wildman–Crippen MR) is 68.1 cm³/mol. The van der Waals surface area contributed by atoms with Crippen LogP contribution in [0, 0.1) is 15.5 Å². The van der Waals surface area contributed by atoms with Crippen molar-refractivity contribution in [3.05, 3.63) is 28.6 Å². The van der Waals surface area contributed by atoms with Crippen molar-refractivity contribution in [3.63, 3.8) is 0 Å². The molecule has 1 aromatic rings. The van der Waals surface area contributed by atoms with E-state index in [1.807, 2.05) is 4.90 Å². The van der Waals surface area contributed by atoms with E-state index >= 15 is 0 Å². The maximum absolute atomic E-state index is 11.2. The zero-order valence-corrected chi connectivity index (χ0v) is 10.6. The van der Waals surface area contributed by atoms with Gasteiger partial charge in [0, 0.05) is 19.3 Å². The van der Waals surface area contributed by atoms with Gasteiger partial charge in [-0.2, -0.15) is 0 Å². The number of rotatable bonds is 3. The second-order valence-corrected chi connectivity index (χ2v) is 4.97. The number of nitro groups is 1. The molecule has 0 aliphatic carbocycles. The van der Waals surface area contributed by atoms with Crippen LogP contribution >= 0.6 is 0 Å². The molecular formula is C12H15N3O4. The zero-order chi connectivity index (χ0) is 14.0. The zero-order valence-electron chi connectivity index (χ0n) is 10.6. The summed E-state index contributed by atoms with van der Waals surface area (Å²) < 4.78 is 0. The summed E-state index contributed by atoms with van der Waals surface area (Å²) in [6, 6.07) is 1.60. The van der Waals surface area contributed by atoms with Gasteiger partial charge in [0.1, 0.15) is 11.9 Å². The van der Waals surface area contributed by atoms with Gasteiger partial charge >= 0.3 is 11.7 Å². The normalized spacial score (nSPS) is 18.1. The van der Waals surface area contributed by atoms with E-state index in [1.165, 1.54) is 12.4 Å². The predicted octanol–water partition coefficient (Wildman–Crippen LogP) is 1.68. The van der Waals surface area contributed by atoms with Crippen LogP contribution < -0.4 is 4.90 Å². The Hall–Kier alpha value is -2.18. The third-order valence-electron chi connectivity index (χ3n) is 3.70. The van der Waals surface area contributed by atoms with E-state index in [2.05, 4.69) is 4.98 Å². The molecule has 2 rings (SSSR count). The van der Waals surface area contributed by atoms with Gasteiger partial charge in [-0.25, -0.2) is 0 Å². The molecule has 0 bridgehead atoms. The molecule has 7 nitrogen and oxygen atoms in total. The number of carbonyl (C=O) groups is 1. The van der Waals surface area contributed by atoms with Gasteiger partial charge in [-0.1, -0.05) is 0 Å². The average Bonchev–Trinajstić information content (AvgIpc) is 2.39. The smallest absolute Gasteiger partial charge is 0.310 e.